The maximum atomic E-state index is 11.6. The van der Waals surface area contributed by atoms with Crippen LogP contribution in [0.5, 0.6) is 0 Å². The number of carbonyl (C=O) groups is 2. The molecule has 1 rings (SSSR count). The molecule has 0 aromatic rings. The molecule has 1 aliphatic heterocycles. The Balaban J connectivity index is 2.34. The van der Waals surface area contributed by atoms with Crippen LogP contribution >= 0.6 is 0 Å². The summed E-state index contributed by atoms with van der Waals surface area (Å²) in [5.41, 5.74) is 0. The van der Waals surface area contributed by atoms with E-state index in [0.717, 1.165) is 0 Å². The van der Waals surface area contributed by atoms with Gasteiger partial charge in [0.2, 0.25) is 0 Å². The minimum absolute atomic E-state index is 0.147. The zero-order valence-corrected chi connectivity index (χ0v) is 11.0. The van der Waals surface area contributed by atoms with Gasteiger partial charge >= 0.3 is 12.0 Å². The SMILES string of the molecule is CC(CNC(=O)NC1COCC1C(=O)O)N(C)C. The van der Waals surface area contributed by atoms with E-state index in [9.17, 15) is 9.59 Å². The van der Waals surface area contributed by atoms with E-state index in [1.807, 2.05) is 25.9 Å². The lowest BCUT2D eigenvalue weighted by Crippen LogP contribution is -2.49. The molecule has 7 heteroatoms. The van der Waals surface area contributed by atoms with Gasteiger partial charge in [-0.05, 0) is 21.0 Å². The zero-order valence-electron chi connectivity index (χ0n) is 11.0. The molecule has 0 aromatic carbocycles. The Morgan fingerprint density at radius 2 is 2.11 bits per heavy atom. The van der Waals surface area contributed by atoms with E-state index in [1.165, 1.54) is 0 Å². The number of ether oxygens (including phenoxy) is 1. The summed E-state index contributed by atoms with van der Waals surface area (Å²) >= 11 is 0. The molecule has 3 atom stereocenters. The average molecular weight is 259 g/mol. The van der Waals surface area contributed by atoms with Crippen molar-refractivity contribution < 1.29 is 19.4 Å². The van der Waals surface area contributed by atoms with Crippen LogP contribution in [0.1, 0.15) is 6.92 Å². The summed E-state index contributed by atoms with van der Waals surface area (Å²) in [6.45, 7) is 2.88. The highest BCUT2D eigenvalue weighted by Crippen LogP contribution is 2.13. The third-order valence-electron chi connectivity index (χ3n) is 3.15. The predicted molar refractivity (Wildman–Crippen MR) is 65.4 cm³/mol. The average Bonchev–Trinajstić information content (AvgIpc) is 2.73. The lowest BCUT2D eigenvalue weighted by atomic mass is 10.0. The summed E-state index contributed by atoms with van der Waals surface area (Å²) in [6, 6.07) is -0.603. The van der Waals surface area contributed by atoms with E-state index in [2.05, 4.69) is 10.6 Å². The summed E-state index contributed by atoms with van der Waals surface area (Å²) < 4.78 is 5.06. The molecule has 0 saturated carbocycles. The van der Waals surface area contributed by atoms with E-state index in [1.54, 1.807) is 0 Å². The fourth-order valence-corrected chi connectivity index (χ4v) is 1.58. The van der Waals surface area contributed by atoms with Crippen LogP contribution in [0, 0.1) is 5.92 Å². The molecule has 0 aliphatic carbocycles. The number of carbonyl (C=O) groups excluding carboxylic acids is 1. The molecule has 7 nitrogen and oxygen atoms in total. The number of aliphatic carboxylic acids is 1. The number of carboxylic acids is 1. The van der Waals surface area contributed by atoms with Crippen LogP contribution in [0.2, 0.25) is 0 Å². The van der Waals surface area contributed by atoms with Crippen LogP contribution in [0.3, 0.4) is 0 Å². The number of nitrogens with zero attached hydrogens (tertiary/aromatic N) is 1. The monoisotopic (exact) mass is 259 g/mol. The summed E-state index contributed by atoms with van der Waals surface area (Å²) in [4.78, 5) is 24.5. The summed E-state index contributed by atoms with van der Waals surface area (Å²) in [5.74, 6) is -1.61. The topological polar surface area (TPSA) is 90.9 Å². The normalized spacial score (nSPS) is 24.9. The van der Waals surface area contributed by atoms with Crippen molar-refractivity contribution in [3.05, 3.63) is 0 Å². The van der Waals surface area contributed by atoms with Crippen molar-refractivity contribution in [2.45, 2.75) is 19.0 Å². The Hall–Kier alpha value is -1.34. The van der Waals surface area contributed by atoms with Gasteiger partial charge in [0.25, 0.3) is 0 Å². The third-order valence-corrected chi connectivity index (χ3v) is 3.15. The Kier molecular flexibility index (Phi) is 5.36. The molecule has 1 heterocycles. The van der Waals surface area contributed by atoms with Crippen LogP contribution in [0.25, 0.3) is 0 Å². The number of amides is 2. The van der Waals surface area contributed by atoms with Gasteiger partial charge in [0.15, 0.2) is 0 Å². The van der Waals surface area contributed by atoms with Crippen LogP contribution < -0.4 is 10.6 Å². The van der Waals surface area contributed by atoms with Crippen molar-refractivity contribution in [1.29, 1.82) is 0 Å². The molecule has 1 saturated heterocycles. The van der Waals surface area contributed by atoms with E-state index < -0.39 is 17.9 Å². The lowest BCUT2D eigenvalue weighted by Gasteiger charge is -2.21. The van der Waals surface area contributed by atoms with Crippen molar-refractivity contribution in [3.8, 4) is 0 Å². The molecule has 18 heavy (non-hydrogen) atoms. The van der Waals surface area contributed by atoms with Crippen molar-refractivity contribution >= 4 is 12.0 Å². The van der Waals surface area contributed by atoms with Gasteiger partial charge in [-0.1, -0.05) is 0 Å². The van der Waals surface area contributed by atoms with E-state index in [0.29, 0.717) is 6.54 Å². The quantitative estimate of drug-likeness (QED) is 0.609. The van der Waals surface area contributed by atoms with Gasteiger partial charge < -0.3 is 25.4 Å². The first-order valence-electron chi connectivity index (χ1n) is 5.93. The second kappa shape index (κ2) is 6.55. The highest BCUT2D eigenvalue weighted by molar-refractivity contribution is 5.77. The smallest absolute Gasteiger partial charge is 0.315 e. The molecule has 0 radical (unpaired) electrons. The number of rotatable bonds is 5. The van der Waals surface area contributed by atoms with Gasteiger partial charge in [-0.2, -0.15) is 0 Å². The minimum Gasteiger partial charge on any atom is -0.481 e. The number of nitrogens with one attached hydrogen (secondary N) is 2. The maximum Gasteiger partial charge on any atom is 0.315 e. The van der Waals surface area contributed by atoms with Gasteiger partial charge in [0.1, 0.15) is 5.92 Å². The van der Waals surface area contributed by atoms with Crippen molar-refractivity contribution in [2.75, 3.05) is 33.9 Å². The number of likely N-dealkylation sites (N-methyl/N-ethyl adjacent to an activating group) is 1. The third kappa shape index (κ3) is 4.15. The molecule has 104 valence electrons. The first kappa shape index (κ1) is 14.7. The number of carboxylic acid groups (broad SMARTS) is 1. The molecule has 3 unspecified atom stereocenters. The number of hydrogen-bond donors (Lipinski definition) is 3. The van der Waals surface area contributed by atoms with E-state index in [4.69, 9.17) is 9.84 Å². The van der Waals surface area contributed by atoms with Crippen LogP contribution in [0.15, 0.2) is 0 Å². The lowest BCUT2D eigenvalue weighted by molar-refractivity contribution is -0.142. The summed E-state index contributed by atoms with van der Waals surface area (Å²) in [6.07, 6.45) is 0. The summed E-state index contributed by atoms with van der Waals surface area (Å²) in [7, 11) is 3.85. The Bertz CT molecular complexity index is 309. The molecule has 0 bridgehead atoms. The first-order chi connectivity index (χ1) is 8.41. The molecule has 0 spiro atoms. The van der Waals surface area contributed by atoms with Crippen LogP contribution in [-0.4, -0.2) is 67.9 Å². The second-order valence-electron chi connectivity index (χ2n) is 4.76. The van der Waals surface area contributed by atoms with Gasteiger partial charge in [0, 0.05) is 12.6 Å². The van der Waals surface area contributed by atoms with Crippen molar-refractivity contribution in [2.24, 2.45) is 5.92 Å². The van der Waals surface area contributed by atoms with Gasteiger partial charge in [-0.3, -0.25) is 4.79 Å². The highest BCUT2D eigenvalue weighted by atomic mass is 16.5. The molecule has 1 aliphatic rings. The fraction of sp³-hybridized carbons (Fsp3) is 0.818. The van der Waals surface area contributed by atoms with Gasteiger partial charge in [-0.15, -0.1) is 0 Å². The van der Waals surface area contributed by atoms with Crippen LogP contribution in [0.4, 0.5) is 4.79 Å². The van der Waals surface area contributed by atoms with Crippen LogP contribution in [-0.2, 0) is 9.53 Å². The fourth-order valence-electron chi connectivity index (χ4n) is 1.58. The van der Waals surface area contributed by atoms with E-state index >= 15 is 0 Å². The first-order valence-corrected chi connectivity index (χ1v) is 5.93. The predicted octanol–water partition coefficient (Wildman–Crippen LogP) is -0.665. The Morgan fingerprint density at radius 3 is 2.67 bits per heavy atom. The Labute approximate surface area is 106 Å². The molecular formula is C11H21N3O4. The molecule has 3 N–H and O–H groups in total. The zero-order chi connectivity index (χ0) is 13.7. The van der Waals surface area contributed by atoms with Crippen molar-refractivity contribution in [3.63, 3.8) is 0 Å². The largest absolute Gasteiger partial charge is 0.481 e. The highest BCUT2D eigenvalue weighted by Gasteiger charge is 2.35. The maximum absolute atomic E-state index is 11.6. The number of hydrogen-bond acceptors (Lipinski definition) is 4. The number of urea groups is 1. The molecular weight excluding hydrogens is 238 g/mol. The van der Waals surface area contributed by atoms with Gasteiger partial charge in [-0.25, -0.2) is 4.79 Å². The second-order valence-corrected chi connectivity index (χ2v) is 4.76. The standard InChI is InChI=1S/C11H21N3O4/c1-7(14(2)3)4-12-11(17)13-9-6-18-5-8(9)10(15)16/h7-9H,4-6H2,1-3H3,(H,15,16)(H2,12,13,17). The minimum atomic E-state index is -0.945. The molecule has 1 fully saturated rings. The van der Waals surface area contributed by atoms with Crippen molar-refractivity contribution in [1.82, 2.24) is 15.5 Å². The Morgan fingerprint density at radius 1 is 1.44 bits per heavy atom. The van der Waals surface area contributed by atoms with Gasteiger partial charge in [0.05, 0.1) is 19.3 Å². The molecule has 0 aromatic heterocycles. The molecule has 2 amide bonds. The summed E-state index contributed by atoms with van der Waals surface area (Å²) in [5, 5.41) is 14.3. The van der Waals surface area contributed by atoms with E-state index in [-0.39, 0.29) is 25.3 Å².